The lowest BCUT2D eigenvalue weighted by atomic mass is 10.0. The molecule has 2 fully saturated rings. The molecule has 1 amide bonds. The number of hydrogen-bond donors (Lipinski definition) is 2. The molecule has 15 heavy (non-hydrogen) atoms. The monoisotopic (exact) mass is 212 g/mol. The van der Waals surface area contributed by atoms with Gasteiger partial charge in [-0.25, -0.2) is 0 Å². The first-order valence-electron chi connectivity index (χ1n) is 5.89. The van der Waals surface area contributed by atoms with Crippen LogP contribution in [0.4, 0.5) is 0 Å². The van der Waals surface area contributed by atoms with Crippen molar-refractivity contribution in [3.8, 4) is 0 Å². The molecule has 2 N–H and O–H groups in total. The van der Waals surface area contributed by atoms with Gasteiger partial charge in [-0.3, -0.25) is 4.79 Å². The van der Waals surface area contributed by atoms with Gasteiger partial charge >= 0.3 is 0 Å². The minimum absolute atomic E-state index is 0.0368. The molecule has 0 aromatic heterocycles. The van der Waals surface area contributed by atoms with Crippen molar-refractivity contribution in [3.05, 3.63) is 0 Å². The van der Waals surface area contributed by atoms with Crippen LogP contribution in [0, 0.1) is 5.92 Å². The predicted molar refractivity (Wildman–Crippen MR) is 57.6 cm³/mol. The van der Waals surface area contributed by atoms with Crippen molar-refractivity contribution in [2.75, 3.05) is 19.8 Å². The highest BCUT2D eigenvalue weighted by Crippen LogP contribution is 2.16. The Kier molecular flexibility index (Phi) is 3.59. The first-order chi connectivity index (χ1) is 7.27. The highest BCUT2D eigenvalue weighted by Gasteiger charge is 2.27. The number of hydrogen-bond acceptors (Lipinski definition) is 3. The Balaban J connectivity index is 1.77. The Morgan fingerprint density at radius 1 is 1.53 bits per heavy atom. The van der Waals surface area contributed by atoms with Crippen molar-refractivity contribution < 1.29 is 9.53 Å². The molecule has 2 aliphatic rings. The minimum atomic E-state index is 0.0368. The van der Waals surface area contributed by atoms with Gasteiger partial charge in [0.15, 0.2) is 0 Å². The Labute approximate surface area is 90.8 Å². The van der Waals surface area contributed by atoms with E-state index in [4.69, 9.17) is 4.74 Å². The average Bonchev–Trinajstić information content (AvgIpc) is 2.91. The van der Waals surface area contributed by atoms with Crippen LogP contribution < -0.4 is 10.6 Å². The van der Waals surface area contributed by atoms with Crippen LogP contribution in [0.25, 0.3) is 0 Å². The van der Waals surface area contributed by atoms with Crippen LogP contribution in [0.15, 0.2) is 0 Å². The van der Waals surface area contributed by atoms with Gasteiger partial charge in [0.25, 0.3) is 0 Å². The average molecular weight is 212 g/mol. The van der Waals surface area contributed by atoms with Crippen molar-refractivity contribution >= 4 is 5.91 Å². The first-order valence-corrected chi connectivity index (χ1v) is 5.89. The van der Waals surface area contributed by atoms with Gasteiger partial charge < -0.3 is 15.4 Å². The molecule has 0 spiro atoms. The zero-order valence-corrected chi connectivity index (χ0v) is 9.29. The first kappa shape index (κ1) is 10.9. The molecule has 2 saturated heterocycles. The third kappa shape index (κ3) is 2.69. The van der Waals surface area contributed by atoms with Crippen molar-refractivity contribution in [2.45, 2.75) is 38.3 Å². The summed E-state index contributed by atoms with van der Waals surface area (Å²) in [5, 5.41) is 6.29. The fourth-order valence-corrected chi connectivity index (χ4v) is 2.30. The molecule has 2 rings (SSSR count). The van der Waals surface area contributed by atoms with Gasteiger partial charge in [0.05, 0.1) is 12.6 Å². The third-order valence-electron chi connectivity index (χ3n) is 3.42. The molecule has 3 atom stereocenters. The summed E-state index contributed by atoms with van der Waals surface area (Å²) in [6.45, 7) is 4.68. The summed E-state index contributed by atoms with van der Waals surface area (Å²) in [6, 6.07) is 0.275. The molecule has 2 heterocycles. The fourth-order valence-electron chi connectivity index (χ4n) is 2.30. The normalized spacial score (nSPS) is 32.9. The van der Waals surface area contributed by atoms with Crippen molar-refractivity contribution in [3.63, 3.8) is 0 Å². The maximum Gasteiger partial charge on any atom is 0.237 e. The Morgan fingerprint density at radius 3 is 3.00 bits per heavy atom. The van der Waals surface area contributed by atoms with E-state index in [2.05, 4.69) is 17.6 Å². The predicted octanol–water partition coefficient (Wildman–Crippen LogP) is 0.280. The van der Waals surface area contributed by atoms with Gasteiger partial charge in [0, 0.05) is 18.6 Å². The SMILES string of the molecule is CC(NC(=O)C1CCCN1)C1CCOC1. The fraction of sp³-hybridized carbons (Fsp3) is 0.909. The highest BCUT2D eigenvalue weighted by molar-refractivity contribution is 5.82. The second kappa shape index (κ2) is 4.94. The Hall–Kier alpha value is -0.610. The van der Waals surface area contributed by atoms with E-state index in [9.17, 15) is 4.79 Å². The quantitative estimate of drug-likeness (QED) is 0.706. The smallest absolute Gasteiger partial charge is 0.237 e. The topological polar surface area (TPSA) is 50.4 Å². The zero-order chi connectivity index (χ0) is 10.7. The summed E-state index contributed by atoms with van der Waals surface area (Å²) < 4.78 is 5.32. The largest absolute Gasteiger partial charge is 0.381 e. The zero-order valence-electron chi connectivity index (χ0n) is 9.29. The molecule has 86 valence electrons. The molecule has 0 aromatic rings. The number of amides is 1. The van der Waals surface area contributed by atoms with Gasteiger partial charge in [0.1, 0.15) is 0 Å². The molecular formula is C11H20N2O2. The summed E-state index contributed by atoms with van der Waals surface area (Å²) in [4.78, 5) is 11.8. The maximum atomic E-state index is 11.8. The standard InChI is InChI=1S/C11H20N2O2/c1-8(9-4-6-15-7-9)13-11(14)10-3-2-5-12-10/h8-10,12H,2-7H2,1H3,(H,13,14). The van der Waals surface area contributed by atoms with Crippen LogP contribution in [-0.2, 0) is 9.53 Å². The lowest BCUT2D eigenvalue weighted by Gasteiger charge is -2.21. The van der Waals surface area contributed by atoms with E-state index in [0.717, 1.165) is 39.0 Å². The Morgan fingerprint density at radius 2 is 2.40 bits per heavy atom. The van der Waals surface area contributed by atoms with Gasteiger partial charge in [0.2, 0.25) is 5.91 Å². The molecule has 0 aromatic carbocycles. The van der Waals surface area contributed by atoms with Crippen LogP contribution >= 0.6 is 0 Å². The maximum absolute atomic E-state index is 11.8. The lowest BCUT2D eigenvalue weighted by Crippen LogP contribution is -2.46. The van der Waals surface area contributed by atoms with E-state index < -0.39 is 0 Å². The molecule has 0 saturated carbocycles. The summed E-state index contributed by atoms with van der Waals surface area (Å²) >= 11 is 0. The van der Waals surface area contributed by atoms with Crippen LogP contribution in [0.1, 0.15) is 26.2 Å². The van der Waals surface area contributed by atoms with E-state index in [-0.39, 0.29) is 18.0 Å². The molecule has 2 aliphatic heterocycles. The van der Waals surface area contributed by atoms with E-state index in [1.165, 1.54) is 0 Å². The van der Waals surface area contributed by atoms with Crippen molar-refractivity contribution in [1.82, 2.24) is 10.6 Å². The number of ether oxygens (including phenoxy) is 1. The summed E-state index contributed by atoms with van der Waals surface area (Å²) in [7, 11) is 0. The van der Waals surface area contributed by atoms with Gasteiger partial charge in [-0.1, -0.05) is 0 Å². The molecule has 0 bridgehead atoms. The van der Waals surface area contributed by atoms with Gasteiger partial charge in [-0.2, -0.15) is 0 Å². The number of carbonyl (C=O) groups excluding carboxylic acids is 1. The minimum Gasteiger partial charge on any atom is -0.381 e. The summed E-state index contributed by atoms with van der Waals surface area (Å²) in [5.74, 6) is 0.655. The molecular weight excluding hydrogens is 192 g/mol. The third-order valence-corrected chi connectivity index (χ3v) is 3.42. The van der Waals surface area contributed by atoms with Crippen molar-refractivity contribution in [2.24, 2.45) is 5.92 Å². The molecule has 0 radical (unpaired) electrons. The molecule has 4 heteroatoms. The molecule has 3 unspecified atom stereocenters. The molecule has 0 aliphatic carbocycles. The summed E-state index contributed by atoms with van der Waals surface area (Å²) in [6.07, 6.45) is 3.15. The second-order valence-corrected chi connectivity index (χ2v) is 4.57. The van der Waals surface area contributed by atoms with Crippen LogP contribution in [0.2, 0.25) is 0 Å². The second-order valence-electron chi connectivity index (χ2n) is 4.57. The number of nitrogens with one attached hydrogen (secondary N) is 2. The van der Waals surface area contributed by atoms with E-state index in [0.29, 0.717) is 5.92 Å². The van der Waals surface area contributed by atoms with E-state index >= 15 is 0 Å². The highest BCUT2D eigenvalue weighted by atomic mass is 16.5. The van der Waals surface area contributed by atoms with Crippen LogP contribution in [-0.4, -0.2) is 37.7 Å². The van der Waals surface area contributed by atoms with Crippen LogP contribution in [0.5, 0.6) is 0 Å². The lowest BCUT2D eigenvalue weighted by molar-refractivity contribution is -0.123. The van der Waals surface area contributed by atoms with Crippen LogP contribution in [0.3, 0.4) is 0 Å². The van der Waals surface area contributed by atoms with Crippen molar-refractivity contribution in [1.29, 1.82) is 0 Å². The molecule has 4 nitrogen and oxygen atoms in total. The summed E-state index contributed by atoms with van der Waals surface area (Å²) in [5.41, 5.74) is 0. The van der Waals surface area contributed by atoms with Gasteiger partial charge in [-0.05, 0) is 32.7 Å². The van der Waals surface area contributed by atoms with E-state index in [1.807, 2.05) is 0 Å². The Bertz CT molecular complexity index is 221. The number of carbonyl (C=O) groups is 1. The van der Waals surface area contributed by atoms with Gasteiger partial charge in [-0.15, -0.1) is 0 Å². The number of rotatable bonds is 3. The van der Waals surface area contributed by atoms with E-state index in [1.54, 1.807) is 0 Å².